The molecule has 2 heterocycles. The summed E-state index contributed by atoms with van der Waals surface area (Å²) in [6, 6.07) is 4.55. The third kappa shape index (κ3) is 3.98. The van der Waals surface area contributed by atoms with E-state index in [2.05, 4.69) is 4.98 Å². The molecule has 1 aliphatic heterocycles. The Morgan fingerprint density at radius 1 is 1.41 bits per heavy atom. The molecule has 1 amide bonds. The summed E-state index contributed by atoms with van der Waals surface area (Å²) in [6.45, 7) is 2.54. The summed E-state index contributed by atoms with van der Waals surface area (Å²) >= 11 is 5.14. The van der Waals surface area contributed by atoms with Crippen LogP contribution in [0.25, 0.3) is 10.9 Å². The molecule has 1 saturated heterocycles. The highest BCUT2D eigenvalue weighted by Crippen LogP contribution is 2.22. The van der Waals surface area contributed by atoms with Crippen LogP contribution in [0.5, 0.6) is 0 Å². The molecule has 0 bridgehead atoms. The van der Waals surface area contributed by atoms with Gasteiger partial charge < -0.3 is 9.88 Å². The Labute approximate surface area is 162 Å². The Bertz CT molecular complexity index is 1100. The fraction of sp³-hybridized carbons (Fsp3) is 0.500. The lowest BCUT2D eigenvalue weighted by Crippen LogP contribution is -2.41. The Morgan fingerprint density at radius 2 is 2.15 bits per heavy atom. The molecule has 146 valence electrons. The van der Waals surface area contributed by atoms with Crippen molar-refractivity contribution in [3.05, 3.63) is 38.9 Å². The van der Waals surface area contributed by atoms with Gasteiger partial charge in [-0.2, -0.15) is 0 Å². The summed E-state index contributed by atoms with van der Waals surface area (Å²) in [5, 5.41) is 0.450. The van der Waals surface area contributed by atoms with Crippen molar-refractivity contribution in [3.63, 3.8) is 0 Å². The topological polar surface area (TPSA) is 92.2 Å². The number of nitrogens with zero attached hydrogens (tertiary/aromatic N) is 2. The molecule has 0 spiro atoms. The number of rotatable bonds is 5. The molecule has 1 fully saturated rings. The number of sulfone groups is 1. The van der Waals surface area contributed by atoms with Gasteiger partial charge in [-0.1, -0.05) is 13.3 Å². The van der Waals surface area contributed by atoms with E-state index in [1.165, 1.54) is 4.57 Å². The lowest BCUT2D eigenvalue weighted by Gasteiger charge is -2.28. The number of aromatic amines is 1. The number of carbonyl (C=O) groups excluding carboxylic acids is 1. The number of benzene rings is 1. The molecule has 1 N–H and O–H groups in total. The zero-order valence-corrected chi connectivity index (χ0v) is 17.0. The van der Waals surface area contributed by atoms with Crippen LogP contribution in [0.2, 0.25) is 0 Å². The maximum atomic E-state index is 13.1. The molecule has 9 heteroatoms. The second-order valence-electron chi connectivity index (χ2n) is 6.96. The van der Waals surface area contributed by atoms with Crippen molar-refractivity contribution in [2.45, 2.75) is 32.2 Å². The van der Waals surface area contributed by atoms with Crippen LogP contribution in [0.1, 0.15) is 36.5 Å². The van der Waals surface area contributed by atoms with Crippen LogP contribution in [0, 0.1) is 4.77 Å². The van der Waals surface area contributed by atoms with E-state index < -0.39 is 9.84 Å². The van der Waals surface area contributed by atoms with E-state index in [1.807, 2.05) is 6.92 Å². The van der Waals surface area contributed by atoms with Gasteiger partial charge in [-0.15, -0.1) is 0 Å². The summed E-state index contributed by atoms with van der Waals surface area (Å²) in [5.74, 6) is -0.0830. The Balaban J connectivity index is 1.99. The second-order valence-corrected chi connectivity index (χ2v) is 9.58. The van der Waals surface area contributed by atoms with Crippen LogP contribution in [-0.4, -0.2) is 52.9 Å². The average molecular weight is 410 g/mol. The standard InChI is InChI=1S/C18H23N3O4S2/c1-3-4-8-21(13-7-9-27(24,25)11-13)16(22)12-5-6-14-15(10-12)19-18(26)20(2)17(14)23/h5-6,10,13H,3-4,7-9,11H2,1-2H3,(H,19,26). The SMILES string of the molecule is CCCCN(C(=O)c1ccc2c(=O)n(C)c(=S)[nH]c2c1)C1CCS(=O)(=O)C1. The molecule has 3 rings (SSSR count). The summed E-state index contributed by atoms with van der Waals surface area (Å²) < 4.78 is 25.4. The fourth-order valence-corrected chi connectivity index (χ4v) is 5.33. The van der Waals surface area contributed by atoms with Crippen LogP contribution < -0.4 is 5.56 Å². The van der Waals surface area contributed by atoms with Crippen LogP contribution in [0.4, 0.5) is 0 Å². The van der Waals surface area contributed by atoms with Gasteiger partial charge >= 0.3 is 0 Å². The van der Waals surface area contributed by atoms with Crippen molar-refractivity contribution >= 4 is 38.9 Å². The molecule has 1 atom stereocenters. The van der Waals surface area contributed by atoms with E-state index in [1.54, 1.807) is 30.1 Å². The van der Waals surface area contributed by atoms with Crippen LogP contribution in [0.15, 0.2) is 23.0 Å². The largest absolute Gasteiger partial charge is 0.335 e. The van der Waals surface area contributed by atoms with Gasteiger partial charge in [-0.25, -0.2) is 8.42 Å². The maximum absolute atomic E-state index is 13.1. The lowest BCUT2D eigenvalue weighted by molar-refractivity contribution is 0.0694. The first kappa shape index (κ1) is 19.8. The summed E-state index contributed by atoms with van der Waals surface area (Å²) in [7, 11) is -1.50. The maximum Gasteiger partial charge on any atom is 0.261 e. The van der Waals surface area contributed by atoms with Gasteiger partial charge in [0.05, 0.1) is 22.4 Å². The van der Waals surface area contributed by atoms with Crippen LogP contribution in [0.3, 0.4) is 0 Å². The quantitative estimate of drug-likeness (QED) is 0.763. The van der Waals surface area contributed by atoms with E-state index in [0.29, 0.717) is 29.4 Å². The van der Waals surface area contributed by atoms with Gasteiger partial charge in [0.15, 0.2) is 14.6 Å². The van der Waals surface area contributed by atoms with Gasteiger partial charge in [0.25, 0.3) is 11.5 Å². The van der Waals surface area contributed by atoms with Gasteiger partial charge in [0.2, 0.25) is 0 Å². The monoisotopic (exact) mass is 409 g/mol. The normalized spacial score (nSPS) is 18.7. The Morgan fingerprint density at radius 3 is 2.78 bits per heavy atom. The summed E-state index contributed by atoms with van der Waals surface area (Å²) in [4.78, 5) is 30.1. The predicted molar refractivity (Wildman–Crippen MR) is 107 cm³/mol. The van der Waals surface area contributed by atoms with Crippen molar-refractivity contribution in [1.82, 2.24) is 14.5 Å². The van der Waals surface area contributed by atoms with Gasteiger partial charge in [0, 0.05) is 25.2 Å². The molecule has 0 aliphatic carbocycles. The first-order chi connectivity index (χ1) is 12.7. The van der Waals surface area contributed by atoms with E-state index in [4.69, 9.17) is 12.2 Å². The van der Waals surface area contributed by atoms with E-state index in [-0.39, 0.29) is 33.8 Å². The molecule has 27 heavy (non-hydrogen) atoms. The zero-order valence-electron chi connectivity index (χ0n) is 15.4. The number of hydrogen-bond acceptors (Lipinski definition) is 5. The van der Waals surface area contributed by atoms with Crippen molar-refractivity contribution in [2.75, 3.05) is 18.1 Å². The minimum absolute atomic E-state index is 0.0129. The number of aromatic nitrogens is 2. The van der Waals surface area contributed by atoms with Crippen molar-refractivity contribution in [1.29, 1.82) is 0 Å². The highest BCUT2D eigenvalue weighted by atomic mass is 32.2. The molecule has 0 radical (unpaired) electrons. The molecule has 1 unspecified atom stereocenters. The van der Waals surface area contributed by atoms with Crippen molar-refractivity contribution < 1.29 is 13.2 Å². The third-order valence-electron chi connectivity index (χ3n) is 5.01. The van der Waals surface area contributed by atoms with Gasteiger partial charge in [-0.3, -0.25) is 14.2 Å². The minimum Gasteiger partial charge on any atom is -0.335 e. The molecular formula is C18H23N3O4S2. The molecule has 1 aromatic carbocycles. The van der Waals surface area contributed by atoms with Crippen molar-refractivity contribution in [3.8, 4) is 0 Å². The summed E-state index contributed by atoms with van der Waals surface area (Å²) in [5.41, 5.74) is 0.697. The smallest absolute Gasteiger partial charge is 0.261 e. The number of fused-ring (bicyclic) bond motifs is 1. The molecule has 0 saturated carbocycles. The first-order valence-electron chi connectivity index (χ1n) is 8.98. The van der Waals surface area contributed by atoms with Gasteiger partial charge in [0.1, 0.15) is 0 Å². The minimum atomic E-state index is -3.09. The Hall–Kier alpha value is -2.00. The third-order valence-corrected chi connectivity index (χ3v) is 7.14. The van der Waals surface area contributed by atoms with Gasteiger partial charge in [-0.05, 0) is 43.3 Å². The van der Waals surface area contributed by atoms with Crippen LogP contribution >= 0.6 is 12.2 Å². The highest BCUT2D eigenvalue weighted by molar-refractivity contribution is 7.91. The van der Waals surface area contributed by atoms with Crippen molar-refractivity contribution in [2.24, 2.45) is 7.05 Å². The number of unbranched alkanes of at least 4 members (excludes halogenated alkanes) is 1. The first-order valence-corrected chi connectivity index (χ1v) is 11.2. The van der Waals surface area contributed by atoms with Crippen LogP contribution in [-0.2, 0) is 16.9 Å². The molecule has 1 aromatic heterocycles. The van der Waals surface area contributed by atoms with E-state index >= 15 is 0 Å². The highest BCUT2D eigenvalue weighted by Gasteiger charge is 2.34. The van der Waals surface area contributed by atoms with E-state index in [0.717, 1.165) is 12.8 Å². The molecule has 7 nitrogen and oxygen atoms in total. The predicted octanol–water partition coefficient (Wildman–Crippen LogP) is 2.03. The number of carbonyl (C=O) groups is 1. The second kappa shape index (κ2) is 7.55. The number of amides is 1. The summed E-state index contributed by atoms with van der Waals surface area (Å²) in [6.07, 6.45) is 2.18. The fourth-order valence-electron chi connectivity index (χ4n) is 3.40. The zero-order chi connectivity index (χ0) is 19.8. The van der Waals surface area contributed by atoms with E-state index in [9.17, 15) is 18.0 Å². The number of nitrogens with one attached hydrogen (secondary N) is 1. The number of hydrogen-bond donors (Lipinski definition) is 1. The molecular weight excluding hydrogens is 386 g/mol. The molecule has 2 aromatic rings. The molecule has 1 aliphatic rings. The average Bonchev–Trinajstić information content (AvgIpc) is 2.99. The number of H-pyrrole nitrogens is 1. The Kier molecular flexibility index (Phi) is 5.53. The lowest BCUT2D eigenvalue weighted by atomic mass is 10.1.